The lowest BCUT2D eigenvalue weighted by Crippen LogP contribution is -2.50. The fourth-order valence-electron chi connectivity index (χ4n) is 3.30. The number of carboxylic acids is 1. The van der Waals surface area contributed by atoms with Gasteiger partial charge < -0.3 is 15.7 Å². The van der Waals surface area contributed by atoms with Gasteiger partial charge in [0.25, 0.3) is 0 Å². The maximum absolute atomic E-state index is 12.6. The molecule has 2 rings (SSSR count). The standard InChI is InChI=1S/C14H24N2O3/c1-9-5-6-11(14(18)19)8-16(9)13(17)10-3-2-4-12(15)7-10/h9-12H,2-8,15H2,1H3,(H,18,19)/t9?,10-,11?,12-/m1/s1. The molecule has 3 N–H and O–H groups in total. The molecule has 1 aliphatic carbocycles. The van der Waals surface area contributed by atoms with Gasteiger partial charge in [-0.3, -0.25) is 9.59 Å². The summed E-state index contributed by atoms with van der Waals surface area (Å²) < 4.78 is 0. The molecule has 2 fully saturated rings. The van der Waals surface area contributed by atoms with Crippen molar-refractivity contribution in [2.45, 2.75) is 57.5 Å². The van der Waals surface area contributed by atoms with E-state index in [9.17, 15) is 9.59 Å². The molecule has 108 valence electrons. The van der Waals surface area contributed by atoms with Gasteiger partial charge >= 0.3 is 5.97 Å². The van der Waals surface area contributed by atoms with Crippen molar-refractivity contribution in [1.29, 1.82) is 0 Å². The van der Waals surface area contributed by atoms with Crippen LogP contribution in [0.1, 0.15) is 45.4 Å². The van der Waals surface area contributed by atoms with Gasteiger partial charge in [-0.2, -0.15) is 0 Å². The highest BCUT2D eigenvalue weighted by atomic mass is 16.4. The minimum Gasteiger partial charge on any atom is -0.481 e. The summed E-state index contributed by atoms with van der Waals surface area (Å²) >= 11 is 0. The van der Waals surface area contributed by atoms with E-state index >= 15 is 0 Å². The lowest BCUT2D eigenvalue weighted by molar-refractivity contribution is -0.149. The molecular formula is C14H24N2O3. The lowest BCUT2D eigenvalue weighted by Gasteiger charge is -2.39. The van der Waals surface area contributed by atoms with Crippen molar-refractivity contribution < 1.29 is 14.7 Å². The topological polar surface area (TPSA) is 83.6 Å². The van der Waals surface area contributed by atoms with Gasteiger partial charge in [0.2, 0.25) is 5.91 Å². The van der Waals surface area contributed by atoms with E-state index in [4.69, 9.17) is 10.8 Å². The number of carbonyl (C=O) groups is 2. The third kappa shape index (κ3) is 3.26. The quantitative estimate of drug-likeness (QED) is 0.788. The second-order valence-electron chi connectivity index (χ2n) is 6.08. The van der Waals surface area contributed by atoms with Gasteiger partial charge in [0.15, 0.2) is 0 Å². The molecule has 1 saturated heterocycles. The first-order chi connectivity index (χ1) is 8.99. The molecule has 0 aromatic carbocycles. The fourth-order valence-corrected chi connectivity index (χ4v) is 3.30. The molecule has 1 aliphatic heterocycles. The minimum atomic E-state index is -0.787. The van der Waals surface area contributed by atoms with Crippen molar-refractivity contribution in [2.24, 2.45) is 17.6 Å². The molecule has 1 heterocycles. The molecule has 0 aromatic heterocycles. The van der Waals surface area contributed by atoms with Gasteiger partial charge in [0, 0.05) is 24.5 Å². The van der Waals surface area contributed by atoms with Gasteiger partial charge in [-0.15, -0.1) is 0 Å². The second kappa shape index (κ2) is 5.90. The first kappa shape index (κ1) is 14.3. The average Bonchev–Trinajstić information content (AvgIpc) is 2.38. The number of likely N-dealkylation sites (tertiary alicyclic amines) is 1. The Balaban J connectivity index is 2.01. The Morgan fingerprint density at radius 1 is 1.16 bits per heavy atom. The van der Waals surface area contributed by atoms with Crippen molar-refractivity contribution in [2.75, 3.05) is 6.54 Å². The fraction of sp³-hybridized carbons (Fsp3) is 0.857. The predicted octanol–water partition coefficient (Wildman–Crippen LogP) is 1.22. The van der Waals surface area contributed by atoms with Gasteiger partial charge in [-0.05, 0) is 39.0 Å². The summed E-state index contributed by atoms with van der Waals surface area (Å²) in [6.45, 7) is 2.37. The maximum Gasteiger partial charge on any atom is 0.308 e. The van der Waals surface area contributed by atoms with Crippen LogP contribution >= 0.6 is 0 Å². The highest BCUT2D eigenvalue weighted by molar-refractivity contribution is 5.80. The van der Waals surface area contributed by atoms with Gasteiger partial charge in [0.1, 0.15) is 0 Å². The first-order valence-electron chi connectivity index (χ1n) is 7.28. The maximum atomic E-state index is 12.6. The first-order valence-corrected chi connectivity index (χ1v) is 7.28. The molecule has 0 bridgehead atoms. The van der Waals surface area contributed by atoms with Gasteiger partial charge in [-0.25, -0.2) is 0 Å². The molecule has 2 unspecified atom stereocenters. The summed E-state index contributed by atoms with van der Waals surface area (Å²) in [6.07, 6.45) is 5.10. The Bertz CT molecular complexity index is 359. The molecule has 1 saturated carbocycles. The summed E-state index contributed by atoms with van der Waals surface area (Å²) in [5, 5.41) is 9.12. The van der Waals surface area contributed by atoms with Crippen LogP contribution in [0.3, 0.4) is 0 Å². The Morgan fingerprint density at radius 3 is 2.53 bits per heavy atom. The molecule has 0 aromatic rings. The molecule has 0 spiro atoms. The summed E-state index contributed by atoms with van der Waals surface area (Å²) in [4.78, 5) is 25.4. The molecule has 4 atom stereocenters. The van der Waals surface area contributed by atoms with E-state index in [2.05, 4.69) is 0 Å². The molecule has 19 heavy (non-hydrogen) atoms. The number of amides is 1. The van der Waals surface area contributed by atoms with Crippen LogP contribution < -0.4 is 5.73 Å². The van der Waals surface area contributed by atoms with E-state index in [1.165, 1.54) is 0 Å². The van der Waals surface area contributed by atoms with E-state index in [0.29, 0.717) is 13.0 Å². The minimum absolute atomic E-state index is 0.00116. The number of nitrogens with two attached hydrogens (primary N) is 1. The van der Waals surface area contributed by atoms with Crippen LogP contribution in [0.5, 0.6) is 0 Å². The van der Waals surface area contributed by atoms with Crippen LogP contribution in [0.2, 0.25) is 0 Å². The van der Waals surface area contributed by atoms with Gasteiger partial charge in [-0.1, -0.05) is 6.42 Å². The van der Waals surface area contributed by atoms with E-state index in [-0.39, 0.29) is 23.9 Å². The summed E-state index contributed by atoms with van der Waals surface area (Å²) in [6, 6.07) is 0.277. The van der Waals surface area contributed by atoms with Crippen LogP contribution in [0.25, 0.3) is 0 Å². The zero-order valence-corrected chi connectivity index (χ0v) is 11.5. The molecular weight excluding hydrogens is 244 g/mol. The number of nitrogens with zero attached hydrogens (tertiary/aromatic N) is 1. The molecule has 5 heteroatoms. The smallest absolute Gasteiger partial charge is 0.308 e. The Hall–Kier alpha value is -1.10. The zero-order chi connectivity index (χ0) is 14.0. The van der Waals surface area contributed by atoms with E-state index < -0.39 is 11.9 Å². The van der Waals surface area contributed by atoms with E-state index in [1.54, 1.807) is 4.90 Å². The highest BCUT2D eigenvalue weighted by Gasteiger charge is 2.36. The lowest BCUT2D eigenvalue weighted by atomic mass is 9.83. The normalized spacial score (nSPS) is 36.0. The SMILES string of the molecule is CC1CCC(C(=O)O)CN1C(=O)[C@@H]1CCC[C@@H](N)C1. The number of aliphatic carboxylic acids is 1. The number of piperidine rings is 1. The summed E-state index contributed by atoms with van der Waals surface area (Å²) in [5.41, 5.74) is 5.94. The number of hydrogen-bond donors (Lipinski definition) is 2. The molecule has 0 radical (unpaired) electrons. The average molecular weight is 268 g/mol. The Kier molecular flexibility index (Phi) is 4.45. The van der Waals surface area contributed by atoms with Crippen molar-refractivity contribution in [3.8, 4) is 0 Å². The van der Waals surface area contributed by atoms with Crippen LogP contribution in [0, 0.1) is 11.8 Å². The predicted molar refractivity (Wildman–Crippen MR) is 71.5 cm³/mol. The van der Waals surface area contributed by atoms with Crippen LogP contribution in [0.15, 0.2) is 0 Å². The molecule has 2 aliphatic rings. The second-order valence-corrected chi connectivity index (χ2v) is 6.08. The molecule has 5 nitrogen and oxygen atoms in total. The third-order valence-corrected chi connectivity index (χ3v) is 4.58. The van der Waals surface area contributed by atoms with Crippen molar-refractivity contribution in [3.05, 3.63) is 0 Å². The van der Waals surface area contributed by atoms with Crippen LogP contribution in [-0.2, 0) is 9.59 Å². The van der Waals surface area contributed by atoms with E-state index in [1.807, 2.05) is 6.92 Å². The van der Waals surface area contributed by atoms with Crippen molar-refractivity contribution in [1.82, 2.24) is 4.90 Å². The zero-order valence-electron chi connectivity index (χ0n) is 11.5. The Morgan fingerprint density at radius 2 is 1.89 bits per heavy atom. The number of carboxylic acid groups (broad SMARTS) is 1. The van der Waals surface area contributed by atoms with Crippen LogP contribution in [0.4, 0.5) is 0 Å². The monoisotopic (exact) mass is 268 g/mol. The highest BCUT2D eigenvalue weighted by Crippen LogP contribution is 2.29. The van der Waals surface area contributed by atoms with Gasteiger partial charge in [0.05, 0.1) is 5.92 Å². The number of carbonyl (C=O) groups excluding carboxylic acids is 1. The summed E-state index contributed by atoms with van der Waals surface area (Å²) in [7, 11) is 0. The Labute approximate surface area is 114 Å². The van der Waals surface area contributed by atoms with E-state index in [0.717, 1.165) is 32.1 Å². The summed E-state index contributed by atoms with van der Waals surface area (Å²) in [5.74, 6) is -1.07. The van der Waals surface area contributed by atoms with Crippen molar-refractivity contribution in [3.63, 3.8) is 0 Å². The number of rotatable bonds is 2. The largest absolute Gasteiger partial charge is 0.481 e. The third-order valence-electron chi connectivity index (χ3n) is 4.58. The van der Waals surface area contributed by atoms with Crippen molar-refractivity contribution >= 4 is 11.9 Å². The number of hydrogen-bond acceptors (Lipinski definition) is 3. The van der Waals surface area contributed by atoms with Crippen LogP contribution in [-0.4, -0.2) is 40.5 Å². The molecule has 1 amide bonds.